The highest BCUT2D eigenvalue weighted by Crippen LogP contribution is 2.33. The molecule has 1 fully saturated rings. The van der Waals surface area contributed by atoms with Crippen LogP contribution in [-0.4, -0.2) is 289 Å². The van der Waals surface area contributed by atoms with Crippen molar-refractivity contribution in [1.82, 2.24) is 71.1 Å². The quantitative estimate of drug-likeness (QED) is 0.0174. The van der Waals surface area contributed by atoms with Gasteiger partial charge in [-0.1, -0.05) is 55.5 Å². The molecule has 3 aromatic rings. The summed E-state index contributed by atoms with van der Waals surface area (Å²) >= 11 is 0. The summed E-state index contributed by atoms with van der Waals surface area (Å²) in [4.78, 5) is 157. The number of carboxylic acids is 3. The maximum Gasteiger partial charge on any atom is 0.344 e. The van der Waals surface area contributed by atoms with E-state index in [2.05, 4.69) is 42.2 Å². The number of nitrogens with two attached hydrogens (primary N) is 1. The number of urea groups is 1. The Labute approximate surface area is 552 Å². The summed E-state index contributed by atoms with van der Waals surface area (Å²) in [6, 6.07) is 19.0. The van der Waals surface area contributed by atoms with Gasteiger partial charge in [-0.15, -0.1) is 0 Å². The lowest BCUT2D eigenvalue weighted by Crippen LogP contribution is -2.50. The molecule has 2 aliphatic rings. The molecule has 2 heterocycles. The van der Waals surface area contributed by atoms with Crippen molar-refractivity contribution in [1.29, 1.82) is 0 Å². The molecular formula is C63H93N17O15. The van der Waals surface area contributed by atoms with Crippen molar-refractivity contribution in [3.05, 3.63) is 95.1 Å². The number of likely N-dealkylation sites (N-methyl/N-ethyl adjacent to an activating group) is 3. The Balaban J connectivity index is 1.12. The summed E-state index contributed by atoms with van der Waals surface area (Å²) in [6.45, 7) is 3.27. The van der Waals surface area contributed by atoms with Crippen molar-refractivity contribution in [3.8, 4) is 5.75 Å². The summed E-state index contributed by atoms with van der Waals surface area (Å²) in [7, 11) is 4.24. The predicted octanol–water partition coefficient (Wildman–Crippen LogP) is -2.06. The van der Waals surface area contributed by atoms with Crippen molar-refractivity contribution < 1.29 is 73.2 Å². The third-order valence-corrected chi connectivity index (χ3v) is 15.7. The minimum absolute atomic E-state index is 0.0655. The number of nitrogens with one attached hydrogen (secondary N) is 7. The molecule has 5 rings (SSSR count). The van der Waals surface area contributed by atoms with Crippen LogP contribution < -0.4 is 43.0 Å². The second-order valence-corrected chi connectivity index (χ2v) is 23.3. The SMILES string of the molecule is CCC(=O)NCCNC(=O)/N=C(/N)NCCC[C@@H](NC(=O)[C@H](c1cccc(NCCCNC(=O)CN(C)C(=O)CN(C)C(=O)CN(C)C(=O)CN2CCN(CC(=O)O)CCN(CC(=O)O)CCN(CC(=O)O)CC2)c1)N1Cc2ccccc2C1)C(=O)NCc1ccc(O)cc1. The number of phenols is 1. The van der Waals surface area contributed by atoms with E-state index in [9.17, 15) is 73.2 Å². The number of phenolic OH excluding ortho intramolecular Hbond substituents is 1. The van der Waals surface area contributed by atoms with Gasteiger partial charge in [0, 0.05) is 138 Å². The van der Waals surface area contributed by atoms with E-state index in [0.717, 1.165) is 16.0 Å². The fourth-order valence-corrected chi connectivity index (χ4v) is 10.4. The average molecular weight is 1330 g/mol. The van der Waals surface area contributed by atoms with Crippen LogP contribution in [0.25, 0.3) is 0 Å². The van der Waals surface area contributed by atoms with E-state index in [1.54, 1.807) is 38.7 Å². The molecule has 1 saturated heterocycles. The van der Waals surface area contributed by atoms with Crippen molar-refractivity contribution in [2.75, 3.05) is 157 Å². The molecule has 0 aromatic heterocycles. The molecule has 2 atom stereocenters. The maximum absolute atomic E-state index is 14.8. The van der Waals surface area contributed by atoms with Gasteiger partial charge in [0.1, 0.15) is 17.8 Å². The standard InChI is InChI=1S/C63H93N17O15/c1-5-51(82)67-23-24-69-63(95)72-62(64)68-20-9-15-50(60(93)70-34-44-16-18-49(81)19-17-44)71-61(94)59(80-35-46-11-6-7-12-47(46)36-80)45-13-8-14-48(33-45)65-21-10-22-66-52(83)37-73(2)53(84)38-74(3)54(85)39-75(4)55(86)40-76-25-27-77(41-56(87)88)29-31-79(43-58(91)92)32-30-78(28-26-76)42-57(89)90/h6-8,11-14,16-19,33,50,59,65,81H,5,9-10,15,20-32,34-43H2,1-4H3,(H,66,83)(H,67,82)(H,70,93)(H,71,94)(H,87,88)(H,89,90)(H,91,92)(H4,64,68,69,72,95)/t50-,59+/m1/s1. The van der Waals surface area contributed by atoms with Gasteiger partial charge < -0.3 is 78.1 Å². The second kappa shape index (κ2) is 39.9. The lowest BCUT2D eigenvalue weighted by Gasteiger charge is -2.33. The number of rotatable bonds is 34. The van der Waals surface area contributed by atoms with Gasteiger partial charge >= 0.3 is 23.9 Å². The van der Waals surface area contributed by atoms with Crippen molar-refractivity contribution in [2.45, 2.75) is 64.3 Å². The lowest BCUT2D eigenvalue weighted by atomic mass is 10.0. The third-order valence-electron chi connectivity index (χ3n) is 15.7. The molecule has 2 aliphatic heterocycles. The van der Waals surface area contributed by atoms with Crippen LogP contribution in [0.5, 0.6) is 5.75 Å². The number of hydrogen-bond donors (Lipinski definition) is 12. The number of anilines is 1. The largest absolute Gasteiger partial charge is 0.508 e. The zero-order valence-electron chi connectivity index (χ0n) is 54.6. The molecule has 520 valence electrons. The molecular weight excluding hydrogens is 1230 g/mol. The lowest BCUT2D eigenvalue weighted by molar-refractivity contribution is -0.143. The minimum Gasteiger partial charge on any atom is -0.508 e. The fourth-order valence-electron chi connectivity index (χ4n) is 10.4. The molecule has 0 radical (unpaired) electrons. The number of amides is 9. The molecule has 32 heteroatoms. The number of carboxylic acid groups (broad SMARTS) is 3. The van der Waals surface area contributed by atoms with Gasteiger partial charge in [-0.2, -0.15) is 4.99 Å². The van der Waals surface area contributed by atoms with Gasteiger partial charge in [0.2, 0.25) is 41.4 Å². The van der Waals surface area contributed by atoms with E-state index in [4.69, 9.17) is 5.73 Å². The van der Waals surface area contributed by atoms with Gasteiger partial charge in [0.05, 0.1) is 45.8 Å². The zero-order valence-corrected chi connectivity index (χ0v) is 54.6. The van der Waals surface area contributed by atoms with Crippen LogP contribution in [0.1, 0.15) is 60.9 Å². The van der Waals surface area contributed by atoms with Gasteiger partial charge in [-0.3, -0.25) is 72.4 Å². The highest BCUT2D eigenvalue weighted by Gasteiger charge is 2.35. The molecule has 32 nitrogen and oxygen atoms in total. The van der Waals surface area contributed by atoms with Gasteiger partial charge in [0.25, 0.3) is 0 Å². The van der Waals surface area contributed by atoms with Crippen molar-refractivity contribution >= 4 is 76.9 Å². The number of aliphatic imine (C=N–C) groups is 1. The van der Waals surface area contributed by atoms with Crippen molar-refractivity contribution in [2.24, 2.45) is 10.7 Å². The van der Waals surface area contributed by atoms with Crippen molar-refractivity contribution in [3.63, 3.8) is 0 Å². The normalized spacial score (nSPS) is 15.1. The Morgan fingerprint density at radius 2 is 1.05 bits per heavy atom. The maximum atomic E-state index is 14.8. The van der Waals surface area contributed by atoms with Crippen LogP contribution >= 0.6 is 0 Å². The number of benzene rings is 3. The first-order valence-corrected chi connectivity index (χ1v) is 31.5. The van der Waals surface area contributed by atoms with Crippen LogP contribution in [0.4, 0.5) is 10.5 Å². The summed E-state index contributed by atoms with van der Waals surface area (Å²) in [5.41, 5.74) is 10.1. The molecule has 95 heavy (non-hydrogen) atoms. The number of carbonyl (C=O) groups is 11. The second-order valence-electron chi connectivity index (χ2n) is 23.3. The number of carbonyl (C=O) groups excluding carboxylic acids is 8. The highest BCUT2D eigenvalue weighted by atomic mass is 16.4. The first-order valence-electron chi connectivity index (χ1n) is 31.5. The topological polar surface area (TPSA) is 417 Å². The number of aromatic hydroxyl groups is 1. The van der Waals surface area contributed by atoms with Crippen LogP contribution in [0, 0.1) is 0 Å². The number of hydrogen-bond acceptors (Lipinski definition) is 18. The molecule has 0 saturated carbocycles. The van der Waals surface area contributed by atoms with Crippen LogP contribution in [-0.2, 0) is 67.6 Å². The minimum atomic E-state index is -1.09. The average Bonchev–Trinajstić information content (AvgIpc) is 1.69. The summed E-state index contributed by atoms with van der Waals surface area (Å²) in [5, 5.41) is 58.5. The molecule has 9 amide bonds. The van der Waals surface area contributed by atoms with Gasteiger partial charge in [-0.25, -0.2) is 4.79 Å². The van der Waals surface area contributed by atoms with E-state index < -0.39 is 84.6 Å². The fraction of sp³-hybridized carbons (Fsp3) is 0.524. The highest BCUT2D eigenvalue weighted by molar-refractivity contribution is 5.93. The Kier molecular flexibility index (Phi) is 32.0. The van der Waals surface area contributed by atoms with E-state index >= 15 is 0 Å². The third kappa shape index (κ3) is 28.3. The zero-order chi connectivity index (χ0) is 69.4. The van der Waals surface area contributed by atoms with Crippen LogP contribution in [0.15, 0.2) is 77.8 Å². The Morgan fingerprint density at radius 1 is 0.547 bits per heavy atom. The smallest absolute Gasteiger partial charge is 0.344 e. The predicted molar refractivity (Wildman–Crippen MR) is 350 cm³/mol. The van der Waals surface area contributed by atoms with Crippen LogP contribution in [0.3, 0.4) is 0 Å². The summed E-state index contributed by atoms with van der Waals surface area (Å²) < 4.78 is 0. The number of guanidine groups is 1. The molecule has 13 N–H and O–H groups in total. The Hall–Kier alpha value is -9.50. The summed E-state index contributed by atoms with van der Waals surface area (Å²) in [6.07, 6.45) is 1.24. The Morgan fingerprint density at radius 3 is 1.60 bits per heavy atom. The number of aliphatic carboxylic acids is 3. The first kappa shape index (κ1) is 76.2. The number of fused-ring (bicyclic) bond motifs is 1. The monoisotopic (exact) mass is 1330 g/mol. The summed E-state index contributed by atoms with van der Waals surface area (Å²) in [5.74, 6) is -6.42. The van der Waals surface area contributed by atoms with Crippen LogP contribution in [0.2, 0.25) is 0 Å². The van der Waals surface area contributed by atoms with E-state index in [1.165, 1.54) is 43.1 Å². The number of nitrogens with zero attached hydrogens (tertiary/aromatic N) is 9. The van der Waals surface area contributed by atoms with E-state index in [0.29, 0.717) is 55.7 Å². The molecule has 0 bridgehead atoms. The molecule has 3 aromatic carbocycles. The van der Waals surface area contributed by atoms with Gasteiger partial charge in [0.15, 0.2) is 5.96 Å². The van der Waals surface area contributed by atoms with E-state index in [1.807, 2.05) is 53.4 Å². The molecule has 0 aliphatic carbocycles. The molecule has 0 unspecified atom stereocenters. The Bertz CT molecular complexity index is 3060. The first-order chi connectivity index (χ1) is 45.3. The van der Waals surface area contributed by atoms with E-state index in [-0.39, 0.29) is 142 Å². The molecule has 0 spiro atoms. The van der Waals surface area contributed by atoms with Gasteiger partial charge in [-0.05, 0) is 65.8 Å².